The highest BCUT2D eigenvalue weighted by atomic mass is 16.4. The molecule has 1 aromatic rings. The van der Waals surface area contributed by atoms with E-state index in [1.54, 1.807) is 26.8 Å². The Bertz CT molecular complexity index is 445. The molecule has 0 aliphatic rings. The molecule has 1 amide bonds. The van der Waals surface area contributed by atoms with Gasteiger partial charge in [0.2, 0.25) is 0 Å². The summed E-state index contributed by atoms with van der Waals surface area (Å²) in [5.74, 6) is -0.928. The number of nitrogens with two attached hydrogens (primary N) is 1. The van der Waals surface area contributed by atoms with Gasteiger partial charge in [0.15, 0.2) is 5.76 Å². The average molecular weight is 254 g/mol. The van der Waals surface area contributed by atoms with Crippen LogP contribution in [0.2, 0.25) is 0 Å². The molecular formula is C12H18N2O4. The highest BCUT2D eigenvalue weighted by Crippen LogP contribution is 2.18. The van der Waals surface area contributed by atoms with E-state index in [0.717, 1.165) is 0 Å². The van der Waals surface area contributed by atoms with Gasteiger partial charge in [-0.3, -0.25) is 9.59 Å². The zero-order chi connectivity index (χ0) is 13.9. The molecule has 6 nitrogen and oxygen atoms in total. The largest absolute Gasteiger partial charge is 0.480 e. The minimum absolute atomic E-state index is 0.103. The van der Waals surface area contributed by atoms with Crippen molar-refractivity contribution < 1.29 is 19.1 Å². The van der Waals surface area contributed by atoms with Crippen LogP contribution in [0.5, 0.6) is 0 Å². The molecule has 6 heteroatoms. The van der Waals surface area contributed by atoms with E-state index in [2.05, 4.69) is 0 Å². The lowest BCUT2D eigenvalue weighted by atomic mass is 10.1. The van der Waals surface area contributed by atoms with Gasteiger partial charge in [0.1, 0.15) is 12.3 Å². The lowest BCUT2D eigenvalue weighted by Crippen LogP contribution is -2.48. The van der Waals surface area contributed by atoms with Gasteiger partial charge in [-0.25, -0.2) is 0 Å². The van der Waals surface area contributed by atoms with Gasteiger partial charge in [-0.1, -0.05) is 0 Å². The Morgan fingerprint density at radius 2 is 2.00 bits per heavy atom. The molecule has 0 aliphatic heterocycles. The molecular weight excluding hydrogens is 236 g/mol. The smallest absolute Gasteiger partial charge is 0.323 e. The summed E-state index contributed by atoms with van der Waals surface area (Å²) >= 11 is 0. The first kappa shape index (κ1) is 14.2. The Kier molecular flexibility index (Phi) is 4.13. The number of rotatable bonds is 4. The second-order valence-electron chi connectivity index (χ2n) is 4.93. The summed E-state index contributed by atoms with van der Waals surface area (Å²) in [6.07, 6.45) is 0. The van der Waals surface area contributed by atoms with Gasteiger partial charge in [-0.15, -0.1) is 0 Å². The maximum atomic E-state index is 12.2. The van der Waals surface area contributed by atoms with Crippen molar-refractivity contribution in [2.24, 2.45) is 5.73 Å². The highest BCUT2D eigenvalue weighted by molar-refractivity contribution is 5.94. The minimum Gasteiger partial charge on any atom is -0.480 e. The average Bonchev–Trinajstić information content (AvgIpc) is 2.71. The van der Waals surface area contributed by atoms with Gasteiger partial charge in [-0.2, -0.15) is 0 Å². The summed E-state index contributed by atoms with van der Waals surface area (Å²) in [5, 5.41) is 8.85. The minimum atomic E-state index is -1.07. The maximum absolute atomic E-state index is 12.2. The SMILES string of the molecule is CC(C)(C)N(CC(=O)O)C(=O)c1ccc(CN)o1. The second kappa shape index (κ2) is 5.22. The fraction of sp³-hybridized carbons (Fsp3) is 0.500. The number of furan rings is 1. The zero-order valence-corrected chi connectivity index (χ0v) is 10.8. The summed E-state index contributed by atoms with van der Waals surface area (Å²) in [6, 6.07) is 3.11. The molecule has 0 bridgehead atoms. The third-order valence-electron chi connectivity index (χ3n) is 2.42. The summed E-state index contributed by atoms with van der Waals surface area (Å²) in [5.41, 5.74) is 4.79. The lowest BCUT2D eigenvalue weighted by Gasteiger charge is -2.33. The van der Waals surface area contributed by atoms with Crippen molar-refractivity contribution in [2.75, 3.05) is 6.54 Å². The van der Waals surface area contributed by atoms with Crippen molar-refractivity contribution in [1.82, 2.24) is 4.90 Å². The molecule has 1 heterocycles. The number of carbonyl (C=O) groups excluding carboxylic acids is 1. The molecule has 100 valence electrons. The molecule has 3 N–H and O–H groups in total. The first-order valence-corrected chi connectivity index (χ1v) is 5.58. The molecule has 1 aromatic heterocycles. The number of carbonyl (C=O) groups is 2. The first-order chi connectivity index (χ1) is 8.25. The molecule has 0 saturated carbocycles. The molecule has 0 aliphatic carbocycles. The number of nitrogens with zero attached hydrogens (tertiary/aromatic N) is 1. The van der Waals surface area contributed by atoms with E-state index < -0.39 is 17.4 Å². The Morgan fingerprint density at radius 1 is 1.39 bits per heavy atom. The lowest BCUT2D eigenvalue weighted by molar-refractivity contribution is -0.138. The molecule has 0 saturated heterocycles. The number of aliphatic carboxylic acids is 1. The zero-order valence-electron chi connectivity index (χ0n) is 10.8. The topological polar surface area (TPSA) is 96.8 Å². The number of hydrogen-bond acceptors (Lipinski definition) is 4. The Morgan fingerprint density at radius 3 is 2.39 bits per heavy atom. The predicted molar refractivity (Wildman–Crippen MR) is 65.0 cm³/mol. The molecule has 0 atom stereocenters. The van der Waals surface area contributed by atoms with Crippen LogP contribution in [0, 0.1) is 0 Å². The second-order valence-corrected chi connectivity index (χ2v) is 4.93. The van der Waals surface area contributed by atoms with Crippen molar-refractivity contribution in [3.63, 3.8) is 0 Å². The van der Waals surface area contributed by atoms with Crippen molar-refractivity contribution >= 4 is 11.9 Å². The van der Waals surface area contributed by atoms with E-state index in [-0.39, 0.29) is 18.8 Å². The van der Waals surface area contributed by atoms with Crippen molar-refractivity contribution in [2.45, 2.75) is 32.9 Å². The van der Waals surface area contributed by atoms with Crippen LogP contribution in [0.4, 0.5) is 0 Å². The van der Waals surface area contributed by atoms with E-state index in [9.17, 15) is 9.59 Å². The van der Waals surface area contributed by atoms with Crippen LogP contribution in [0.25, 0.3) is 0 Å². The Labute approximate surface area is 105 Å². The van der Waals surface area contributed by atoms with Crippen molar-refractivity contribution in [3.05, 3.63) is 23.7 Å². The molecule has 0 spiro atoms. The van der Waals surface area contributed by atoms with Gasteiger partial charge < -0.3 is 20.2 Å². The van der Waals surface area contributed by atoms with Gasteiger partial charge in [0.05, 0.1) is 6.54 Å². The molecule has 1 rings (SSSR count). The quantitative estimate of drug-likeness (QED) is 0.837. The predicted octanol–water partition coefficient (Wildman–Crippen LogP) is 1.06. The molecule has 0 aromatic carbocycles. The monoisotopic (exact) mass is 254 g/mol. The van der Waals surface area contributed by atoms with Crippen molar-refractivity contribution in [1.29, 1.82) is 0 Å². The van der Waals surface area contributed by atoms with Crippen LogP contribution in [-0.2, 0) is 11.3 Å². The standard InChI is InChI=1S/C12H18N2O4/c1-12(2,3)14(7-10(15)16)11(17)9-5-4-8(6-13)18-9/h4-5H,6-7,13H2,1-3H3,(H,15,16). The van der Waals surface area contributed by atoms with Gasteiger partial charge in [-0.05, 0) is 32.9 Å². The third kappa shape index (κ3) is 3.33. The van der Waals surface area contributed by atoms with E-state index in [4.69, 9.17) is 15.3 Å². The van der Waals surface area contributed by atoms with E-state index in [1.807, 2.05) is 0 Å². The van der Waals surface area contributed by atoms with Gasteiger partial charge in [0.25, 0.3) is 5.91 Å². The number of carboxylic acids is 1. The van der Waals surface area contributed by atoms with E-state index in [1.165, 1.54) is 11.0 Å². The number of carboxylic acid groups (broad SMARTS) is 1. The van der Waals surface area contributed by atoms with Crippen LogP contribution in [0.3, 0.4) is 0 Å². The number of hydrogen-bond donors (Lipinski definition) is 2. The van der Waals surface area contributed by atoms with E-state index >= 15 is 0 Å². The molecule has 18 heavy (non-hydrogen) atoms. The first-order valence-electron chi connectivity index (χ1n) is 5.58. The van der Waals surface area contributed by atoms with Gasteiger partial charge >= 0.3 is 5.97 Å². The summed E-state index contributed by atoms with van der Waals surface area (Å²) in [7, 11) is 0. The maximum Gasteiger partial charge on any atom is 0.323 e. The number of amides is 1. The summed E-state index contributed by atoms with van der Waals surface area (Å²) < 4.78 is 5.24. The van der Waals surface area contributed by atoms with Crippen molar-refractivity contribution in [3.8, 4) is 0 Å². The molecule has 0 unspecified atom stereocenters. The third-order valence-corrected chi connectivity index (χ3v) is 2.42. The highest BCUT2D eigenvalue weighted by Gasteiger charge is 2.30. The van der Waals surface area contributed by atoms with Crippen LogP contribution >= 0.6 is 0 Å². The van der Waals surface area contributed by atoms with Gasteiger partial charge in [0, 0.05) is 5.54 Å². The van der Waals surface area contributed by atoms with E-state index in [0.29, 0.717) is 5.76 Å². The summed E-state index contributed by atoms with van der Waals surface area (Å²) in [4.78, 5) is 24.2. The van der Waals surface area contributed by atoms with Crippen LogP contribution in [0.15, 0.2) is 16.5 Å². The fourth-order valence-corrected chi connectivity index (χ4v) is 1.48. The van der Waals surface area contributed by atoms with Crippen LogP contribution < -0.4 is 5.73 Å². The molecule has 0 radical (unpaired) electrons. The van der Waals surface area contributed by atoms with Crippen LogP contribution in [0.1, 0.15) is 37.1 Å². The molecule has 0 fully saturated rings. The fourth-order valence-electron chi connectivity index (χ4n) is 1.48. The normalized spacial score (nSPS) is 11.3. The Balaban J connectivity index is 2.98. The van der Waals surface area contributed by atoms with Crippen LogP contribution in [-0.4, -0.2) is 34.0 Å². The Hall–Kier alpha value is -1.82. The summed E-state index contributed by atoms with van der Waals surface area (Å²) in [6.45, 7) is 5.12.